The molecule has 5 heteroatoms. The molecule has 2 saturated heterocycles. The number of ether oxygens (including phenoxy) is 1. The van der Waals surface area contributed by atoms with Crippen LogP contribution in [0.5, 0.6) is 0 Å². The predicted octanol–water partition coefficient (Wildman–Crippen LogP) is 2.79. The number of carbonyl (C=O) groups is 2. The standard InChI is InChI=1S/C17H30N2O3/c1-11(2)10-12(3)22-16(21)19-8-6-13(7-9-19)14-17(4,5)15(20)18-14/h11-14H,6-10H2,1-5H3,(H,18,20)/t12-,14-/m1/s1. The number of amides is 2. The molecule has 1 N–H and O–H groups in total. The van der Waals surface area contributed by atoms with Gasteiger partial charge in [0.05, 0.1) is 5.41 Å². The first-order valence-corrected chi connectivity index (χ1v) is 8.48. The lowest BCUT2D eigenvalue weighted by molar-refractivity contribution is -0.146. The number of carbonyl (C=O) groups excluding carboxylic acids is 2. The van der Waals surface area contributed by atoms with E-state index in [0.29, 0.717) is 11.8 Å². The van der Waals surface area contributed by atoms with E-state index in [2.05, 4.69) is 19.2 Å². The van der Waals surface area contributed by atoms with Crippen LogP contribution in [0.3, 0.4) is 0 Å². The number of rotatable bonds is 4. The van der Waals surface area contributed by atoms with Gasteiger partial charge < -0.3 is 15.0 Å². The van der Waals surface area contributed by atoms with E-state index >= 15 is 0 Å². The van der Waals surface area contributed by atoms with Crippen molar-refractivity contribution in [3.63, 3.8) is 0 Å². The zero-order chi connectivity index (χ0) is 16.5. The molecule has 5 nitrogen and oxygen atoms in total. The minimum absolute atomic E-state index is 0.0323. The summed E-state index contributed by atoms with van der Waals surface area (Å²) in [5, 5.41) is 3.03. The normalized spacial score (nSPS) is 26.4. The quantitative estimate of drug-likeness (QED) is 0.812. The first-order chi connectivity index (χ1) is 10.2. The molecule has 2 aliphatic heterocycles. The molecule has 0 aromatic rings. The van der Waals surface area contributed by atoms with Crippen LogP contribution >= 0.6 is 0 Å². The molecule has 0 saturated carbocycles. The molecular weight excluding hydrogens is 280 g/mol. The number of hydrogen-bond acceptors (Lipinski definition) is 3. The van der Waals surface area contributed by atoms with Crippen LogP contribution in [0.15, 0.2) is 0 Å². The average molecular weight is 310 g/mol. The van der Waals surface area contributed by atoms with E-state index in [0.717, 1.165) is 32.4 Å². The Morgan fingerprint density at radius 3 is 2.36 bits per heavy atom. The van der Waals surface area contributed by atoms with E-state index < -0.39 is 0 Å². The van der Waals surface area contributed by atoms with Gasteiger partial charge in [-0.3, -0.25) is 4.79 Å². The van der Waals surface area contributed by atoms with Crippen molar-refractivity contribution in [2.75, 3.05) is 13.1 Å². The van der Waals surface area contributed by atoms with Gasteiger partial charge in [-0.05, 0) is 51.9 Å². The molecule has 2 amide bonds. The van der Waals surface area contributed by atoms with Gasteiger partial charge in [0.1, 0.15) is 6.10 Å². The van der Waals surface area contributed by atoms with Crippen molar-refractivity contribution in [2.45, 2.75) is 66.0 Å². The first kappa shape index (κ1) is 17.1. The summed E-state index contributed by atoms with van der Waals surface area (Å²) in [5.74, 6) is 1.13. The smallest absolute Gasteiger partial charge is 0.410 e. The summed E-state index contributed by atoms with van der Waals surface area (Å²) in [5.41, 5.74) is -0.265. The van der Waals surface area contributed by atoms with E-state index in [1.54, 1.807) is 4.90 Å². The fourth-order valence-electron chi connectivity index (χ4n) is 3.65. The highest BCUT2D eigenvalue weighted by Gasteiger charge is 2.51. The predicted molar refractivity (Wildman–Crippen MR) is 85.4 cm³/mol. The molecule has 2 aliphatic rings. The van der Waals surface area contributed by atoms with Crippen LogP contribution in [0.25, 0.3) is 0 Å². The topological polar surface area (TPSA) is 58.6 Å². The summed E-state index contributed by atoms with van der Waals surface area (Å²) in [6, 6.07) is 0.248. The maximum Gasteiger partial charge on any atom is 0.410 e. The molecule has 0 radical (unpaired) electrons. The second kappa shape index (κ2) is 6.47. The van der Waals surface area contributed by atoms with Crippen molar-refractivity contribution < 1.29 is 14.3 Å². The van der Waals surface area contributed by atoms with Gasteiger partial charge in [0, 0.05) is 19.1 Å². The highest BCUT2D eigenvalue weighted by Crippen LogP contribution is 2.38. The van der Waals surface area contributed by atoms with Crippen LogP contribution in [0.4, 0.5) is 4.79 Å². The summed E-state index contributed by atoms with van der Waals surface area (Å²) in [6.45, 7) is 11.7. The van der Waals surface area contributed by atoms with Crippen LogP contribution in [0.1, 0.15) is 53.9 Å². The Hall–Kier alpha value is -1.26. The first-order valence-electron chi connectivity index (χ1n) is 8.48. The number of likely N-dealkylation sites (tertiary alicyclic amines) is 1. The van der Waals surface area contributed by atoms with Gasteiger partial charge in [-0.15, -0.1) is 0 Å². The fraction of sp³-hybridized carbons (Fsp3) is 0.882. The highest BCUT2D eigenvalue weighted by atomic mass is 16.6. The fourth-order valence-corrected chi connectivity index (χ4v) is 3.65. The molecule has 2 heterocycles. The van der Waals surface area contributed by atoms with E-state index in [9.17, 15) is 9.59 Å². The number of nitrogens with one attached hydrogen (secondary N) is 1. The van der Waals surface area contributed by atoms with Gasteiger partial charge >= 0.3 is 6.09 Å². The average Bonchev–Trinajstić information content (AvgIpc) is 2.43. The largest absolute Gasteiger partial charge is 0.446 e. The van der Waals surface area contributed by atoms with Crippen LogP contribution in [-0.4, -0.2) is 42.1 Å². The molecule has 2 atom stereocenters. The van der Waals surface area contributed by atoms with Crippen LogP contribution in [0, 0.1) is 17.3 Å². The lowest BCUT2D eigenvalue weighted by Crippen LogP contribution is -2.68. The molecule has 2 fully saturated rings. The third kappa shape index (κ3) is 3.55. The molecular formula is C17H30N2O3. The summed E-state index contributed by atoms with van der Waals surface area (Å²) in [4.78, 5) is 25.6. The third-order valence-electron chi connectivity index (χ3n) is 5.02. The molecule has 0 spiro atoms. The second-order valence-corrected chi connectivity index (χ2v) is 7.82. The molecule has 2 rings (SSSR count). The van der Waals surface area contributed by atoms with Crippen LogP contribution in [0.2, 0.25) is 0 Å². The van der Waals surface area contributed by atoms with Gasteiger partial charge in [-0.1, -0.05) is 13.8 Å². The van der Waals surface area contributed by atoms with Crippen molar-refractivity contribution in [3.8, 4) is 0 Å². The monoisotopic (exact) mass is 310 g/mol. The highest BCUT2D eigenvalue weighted by molar-refractivity contribution is 5.89. The summed E-state index contributed by atoms with van der Waals surface area (Å²) in [7, 11) is 0. The van der Waals surface area contributed by atoms with Crippen molar-refractivity contribution in [1.29, 1.82) is 0 Å². The summed E-state index contributed by atoms with van der Waals surface area (Å²) in [6.07, 6.45) is 2.53. The van der Waals surface area contributed by atoms with Crippen LogP contribution < -0.4 is 5.32 Å². The Balaban J connectivity index is 1.77. The molecule has 0 aliphatic carbocycles. The number of piperidine rings is 1. The Bertz CT molecular complexity index is 426. The number of β-lactam (4-membered cyclic amide) rings is 1. The molecule has 0 aromatic heterocycles. The molecule has 0 bridgehead atoms. The zero-order valence-corrected chi connectivity index (χ0v) is 14.5. The number of nitrogens with zero attached hydrogens (tertiary/aromatic N) is 1. The van der Waals surface area contributed by atoms with Gasteiger partial charge in [0.15, 0.2) is 0 Å². The number of hydrogen-bond donors (Lipinski definition) is 1. The van der Waals surface area contributed by atoms with Crippen molar-refractivity contribution in [1.82, 2.24) is 10.2 Å². The van der Waals surface area contributed by atoms with Crippen molar-refractivity contribution in [2.24, 2.45) is 17.3 Å². The Morgan fingerprint density at radius 2 is 1.91 bits per heavy atom. The van der Waals surface area contributed by atoms with Crippen molar-refractivity contribution in [3.05, 3.63) is 0 Å². The van der Waals surface area contributed by atoms with Gasteiger partial charge in [0.2, 0.25) is 5.91 Å². The SMILES string of the molecule is CC(C)C[C@@H](C)OC(=O)N1CCC([C@H]2NC(=O)C2(C)C)CC1. The lowest BCUT2D eigenvalue weighted by Gasteiger charge is -2.49. The molecule has 0 unspecified atom stereocenters. The zero-order valence-electron chi connectivity index (χ0n) is 14.5. The van der Waals surface area contributed by atoms with Gasteiger partial charge in [0.25, 0.3) is 0 Å². The van der Waals surface area contributed by atoms with Gasteiger partial charge in [-0.2, -0.15) is 0 Å². The summed E-state index contributed by atoms with van der Waals surface area (Å²) < 4.78 is 5.51. The van der Waals surface area contributed by atoms with E-state index in [1.807, 2.05) is 20.8 Å². The lowest BCUT2D eigenvalue weighted by atomic mass is 9.68. The van der Waals surface area contributed by atoms with Crippen LogP contribution in [-0.2, 0) is 9.53 Å². The Kier molecular flexibility index (Phi) is 5.03. The third-order valence-corrected chi connectivity index (χ3v) is 5.02. The second-order valence-electron chi connectivity index (χ2n) is 7.82. The Labute approximate surface area is 133 Å². The molecule has 0 aromatic carbocycles. The maximum atomic E-state index is 12.2. The summed E-state index contributed by atoms with van der Waals surface area (Å²) >= 11 is 0. The van der Waals surface area contributed by atoms with Gasteiger partial charge in [-0.25, -0.2) is 4.79 Å². The van der Waals surface area contributed by atoms with E-state index in [1.165, 1.54) is 0 Å². The molecule has 22 heavy (non-hydrogen) atoms. The van der Waals surface area contributed by atoms with Crippen molar-refractivity contribution >= 4 is 12.0 Å². The van der Waals surface area contributed by atoms with E-state index in [4.69, 9.17) is 4.74 Å². The molecule has 126 valence electrons. The minimum atomic E-state index is -0.265. The minimum Gasteiger partial charge on any atom is -0.446 e. The maximum absolute atomic E-state index is 12.2. The van der Waals surface area contributed by atoms with E-state index in [-0.39, 0.29) is 29.6 Å². The Morgan fingerprint density at radius 1 is 1.32 bits per heavy atom.